The van der Waals surface area contributed by atoms with Gasteiger partial charge in [0, 0.05) is 37.3 Å². The molecule has 0 aliphatic carbocycles. The van der Waals surface area contributed by atoms with Crippen molar-refractivity contribution in [1.29, 1.82) is 0 Å². The second-order valence-electron chi connectivity index (χ2n) is 5.49. The molecule has 1 heterocycles. The summed E-state index contributed by atoms with van der Waals surface area (Å²) in [6, 6.07) is 6.62. The summed E-state index contributed by atoms with van der Waals surface area (Å²) in [6.07, 6.45) is 2.22. The van der Waals surface area contributed by atoms with Crippen molar-refractivity contribution in [3.8, 4) is 0 Å². The van der Waals surface area contributed by atoms with Crippen molar-refractivity contribution >= 4 is 24.0 Å². The Labute approximate surface area is 131 Å². The molecule has 1 fully saturated rings. The Morgan fingerprint density at radius 2 is 1.95 bits per heavy atom. The number of hydrogen-bond acceptors (Lipinski definition) is 3. The number of hydrogen-bond donors (Lipinski definition) is 2. The van der Waals surface area contributed by atoms with Crippen LogP contribution in [0.3, 0.4) is 0 Å². The number of amides is 1. The fraction of sp³-hybridized carbons (Fsp3) is 0.533. The van der Waals surface area contributed by atoms with E-state index in [0.29, 0.717) is 12.5 Å². The van der Waals surface area contributed by atoms with Crippen molar-refractivity contribution < 1.29 is 9.18 Å². The van der Waals surface area contributed by atoms with E-state index in [4.69, 9.17) is 5.73 Å². The van der Waals surface area contributed by atoms with Crippen LogP contribution in [0.2, 0.25) is 0 Å². The maximum absolute atomic E-state index is 12.8. The van der Waals surface area contributed by atoms with E-state index >= 15 is 0 Å². The number of likely N-dealkylation sites (tertiary alicyclic amines) is 1. The Balaban J connectivity index is 0.00000220. The van der Waals surface area contributed by atoms with Gasteiger partial charge in [-0.1, -0.05) is 0 Å². The molecule has 0 spiro atoms. The van der Waals surface area contributed by atoms with E-state index in [0.717, 1.165) is 31.6 Å². The van der Waals surface area contributed by atoms with Crippen LogP contribution in [0.25, 0.3) is 0 Å². The van der Waals surface area contributed by atoms with E-state index in [1.54, 1.807) is 12.1 Å². The lowest BCUT2D eigenvalue weighted by Crippen LogP contribution is -2.43. The first-order valence-electron chi connectivity index (χ1n) is 7.10. The third kappa shape index (κ3) is 5.52. The average Bonchev–Trinajstić information content (AvgIpc) is 2.41. The summed E-state index contributed by atoms with van der Waals surface area (Å²) in [4.78, 5) is 13.8. The number of carbonyl (C=O) groups excluding carboxylic acids is 1. The molecule has 1 aromatic rings. The molecule has 1 aliphatic rings. The summed E-state index contributed by atoms with van der Waals surface area (Å²) in [6.45, 7) is 3.36. The standard InChI is InChI=1S/C15H22FN3O.ClH/c1-11(17)10-15(20)19-8-6-14(7-9-19)18-13-4-2-12(16)3-5-13;/h2-5,11,14,18H,6-10,17H2,1H3;1H. The molecule has 1 amide bonds. The minimum atomic E-state index is -0.230. The fourth-order valence-corrected chi connectivity index (χ4v) is 2.46. The lowest BCUT2D eigenvalue weighted by atomic mass is 10.0. The highest BCUT2D eigenvalue weighted by Crippen LogP contribution is 2.17. The van der Waals surface area contributed by atoms with Crippen LogP contribution in [0.5, 0.6) is 0 Å². The minimum absolute atomic E-state index is 0. The number of rotatable bonds is 4. The summed E-state index contributed by atoms with van der Waals surface area (Å²) in [5.74, 6) is -0.0906. The second-order valence-corrected chi connectivity index (χ2v) is 5.49. The van der Waals surface area contributed by atoms with Gasteiger partial charge in [0.05, 0.1) is 0 Å². The summed E-state index contributed by atoms with van der Waals surface area (Å²) in [7, 11) is 0. The van der Waals surface area contributed by atoms with E-state index in [-0.39, 0.29) is 30.2 Å². The van der Waals surface area contributed by atoms with Crippen LogP contribution in [-0.4, -0.2) is 36.0 Å². The van der Waals surface area contributed by atoms with Crippen molar-refractivity contribution in [2.75, 3.05) is 18.4 Å². The van der Waals surface area contributed by atoms with Crippen LogP contribution in [0, 0.1) is 5.82 Å². The van der Waals surface area contributed by atoms with Gasteiger partial charge in [0.15, 0.2) is 0 Å². The summed E-state index contributed by atoms with van der Waals surface area (Å²) >= 11 is 0. The van der Waals surface area contributed by atoms with Crippen LogP contribution >= 0.6 is 12.4 Å². The lowest BCUT2D eigenvalue weighted by Gasteiger charge is -2.33. The van der Waals surface area contributed by atoms with Crippen molar-refractivity contribution in [1.82, 2.24) is 4.90 Å². The number of halogens is 2. The molecule has 21 heavy (non-hydrogen) atoms. The molecule has 2 rings (SSSR count). The number of carbonyl (C=O) groups is 1. The zero-order valence-electron chi connectivity index (χ0n) is 12.2. The van der Waals surface area contributed by atoms with Gasteiger partial charge >= 0.3 is 0 Å². The number of nitrogens with zero attached hydrogens (tertiary/aromatic N) is 1. The van der Waals surface area contributed by atoms with Crippen LogP contribution in [-0.2, 0) is 4.79 Å². The van der Waals surface area contributed by atoms with Gasteiger partial charge in [-0.25, -0.2) is 4.39 Å². The van der Waals surface area contributed by atoms with Crippen LogP contribution in [0.1, 0.15) is 26.2 Å². The van der Waals surface area contributed by atoms with Gasteiger partial charge in [-0.15, -0.1) is 12.4 Å². The van der Waals surface area contributed by atoms with Gasteiger partial charge in [-0.3, -0.25) is 4.79 Å². The summed E-state index contributed by atoms with van der Waals surface area (Å²) < 4.78 is 12.8. The first kappa shape index (κ1) is 17.7. The molecule has 4 nitrogen and oxygen atoms in total. The van der Waals surface area contributed by atoms with Gasteiger partial charge < -0.3 is 16.0 Å². The smallest absolute Gasteiger partial charge is 0.224 e. The third-order valence-electron chi connectivity index (χ3n) is 3.56. The maximum Gasteiger partial charge on any atom is 0.224 e. The largest absolute Gasteiger partial charge is 0.382 e. The normalized spacial score (nSPS) is 17.0. The van der Waals surface area contributed by atoms with Crippen LogP contribution in [0.15, 0.2) is 24.3 Å². The average molecular weight is 316 g/mol. The highest BCUT2D eigenvalue weighted by Gasteiger charge is 2.22. The molecule has 0 radical (unpaired) electrons. The van der Waals surface area contributed by atoms with Gasteiger partial charge in [-0.2, -0.15) is 0 Å². The van der Waals surface area contributed by atoms with Crippen LogP contribution < -0.4 is 11.1 Å². The number of benzene rings is 1. The van der Waals surface area contributed by atoms with E-state index in [9.17, 15) is 9.18 Å². The maximum atomic E-state index is 12.8. The quantitative estimate of drug-likeness (QED) is 0.897. The molecular weight excluding hydrogens is 293 g/mol. The molecule has 1 atom stereocenters. The van der Waals surface area contributed by atoms with Gasteiger partial charge in [-0.05, 0) is 44.0 Å². The molecule has 6 heteroatoms. The monoisotopic (exact) mass is 315 g/mol. The molecule has 1 unspecified atom stereocenters. The molecule has 0 aromatic heterocycles. The lowest BCUT2D eigenvalue weighted by molar-refractivity contribution is -0.132. The Hall–Kier alpha value is -1.33. The zero-order chi connectivity index (χ0) is 14.5. The van der Waals surface area contributed by atoms with Gasteiger partial charge in [0.2, 0.25) is 5.91 Å². The number of piperidine rings is 1. The number of nitrogens with one attached hydrogen (secondary N) is 1. The minimum Gasteiger partial charge on any atom is -0.382 e. The van der Waals surface area contributed by atoms with Crippen molar-refractivity contribution in [2.24, 2.45) is 5.73 Å². The van der Waals surface area contributed by atoms with Crippen molar-refractivity contribution in [3.63, 3.8) is 0 Å². The Kier molecular flexibility index (Phi) is 6.92. The molecule has 118 valence electrons. The highest BCUT2D eigenvalue weighted by molar-refractivity contribution is 5.85. The van der Waals surface area contributed by atoms with Crippen molar-refractivity contribution in [3.05, 3.63) is 30.1 Å². The Morgan fingerprint density at radius 1 is 1.38 bits per heavy atom. The van der Waals surface area contributed by atoms with Gasteiger partial charge in [0.25, 0.3) is 0 Å². The summed E-state index contributed by atoms with van der Waals surface area (Å²) in [5, 5.41) is 3.38. The zero-order valence-corrected chi connectivity index (χ0v) is 13.0. The molecule has 3 N–H and O–H groups in total. The first-order valence-corrected chi connectivity index (χ1v) is 7.10. The van der Waals surface area contributed by atoms with E-state index in [2.05, 4.69) is 5.32 Å². The van der Waals surface area contributed by atoms with Crippen molar-refractivity contribution in [2.45, 2.75) is 38.3 Å². The predicted octanol–water partition coefficient (Wildman–Crippen LogP) is 2.39. The SMILES string of the molecule is CC(N)CC(=O)N1CCC(Nc2ccc(F)cc2)CC1.Cl. The highest BCUT2D eigenvalue weighted by atomic mass is 35.5. The molecule has 1 aromatic carbocycles. The Bertz CT molecular complexity index is 445. The van der Waals surface area contributed by atoms with Crippen LogP contribution in [0.4, 0.5) is 10.1 Å². The predicted molar refractivity (Wildman–Crippen MR) is 85.1 cm³/mol. The fourth-order valence-electron chi connectivity index (χ4n) is 2.46. The second kappa shape index (κ2) is 8.20. The number of nitrogens with two attached hydrogens (primary N) is 1. The van der Waals surface area contributed by atoms with E-state index < -0.39 is 0 Å². The molecule has 0 saturated carbocycles. The molecule has 0 bridgehead atoms. The topological polar surface area (TPSA) is 58.4 Å². The molecular formula is C15H23ClFN3O. The summed E-state index contributed by atoms with van der Waals surface area (Å²) in [5.41, 5.74) is 6.57. The Morgan fingerprint density at radius 3 is 2.48 bits per heavy atom. The molecule has 1 aliphatic heterocycles. The van der Waals surface area contributed by atoms with E-state index in [1.165, 1.54) is 12.1 Å². The number of anilines is 1. The molecule has 1 saturated heterocycles. The van der Waals surface area contributed by atoms with Gasteiger partial charge in [0.1, 0.15) is 5.82 Å². The van der Waals surface area contributed by atoms with E-state index in [1.807, 2.05) is 11.8 Å². The third-order valence-corrected chi connectivity index (χ3v) is 3.56. The first-order chi connectivity index (χ1) is 9.54.